The van der Waals surface area contributed by atoms with Crippen LogP contribution in [0, 0.1) is 5.41 Å². The molecule has 1 aliphatic carbocycles. The van der Waals surface area contributed by atoms with Crippen LogP contribution in [0.15, 0.2) is 0 Å². The number of halogens is 1. The van der Waals surface area contributed by atoms with Crippen LogP contribution < -0.4 is 0 Å². The Morgan fingerprint density at radius 3 is 2.60 bits per heavy atom. The standard InChI is InChI=1S/C12H20BrNO/c13-9-12(6-4-7-12)10-14-8-3-1-2-5-11(14)15/h1-10H2. The van der Waals surface area contributed by atoms with Gasteiger partial charge in [0.1, 0.15) is 0 Å². The van der Waals surface area contributed by atoms with Crippen LogP contribution in [0.25, 0.3) is 0 Å². The van der Waals surface area contributed by atoms with E-state index in [2.05, 4.69) is 20.8 Å². The number of rotatable bonds is 3. The van der Waals surface area contributed by atoms with Crippen LogP contribution >= 0.6 is 15.9 Å². The average molecular weight is 274 g/mol. The molecule has 1 saturated heterocycles. The van der Waals surface area contributed by atoms with Crippen molar-refractivity contribution in [3.05, 3.63) is 0 Å². The highest BCUT2D eigenvalue weighted by Gasteiger charge is 2.38. The molecule has 3 heteroatoms. The summed E-state index contributed by atoms with van der Waals surface area (Å²) in [6.45, 7) is 1.99. The number of hydrogen-bond acceptors (Lipinski definition) is 1. The van der Waals surface area contributed by atoms with Gasteiger partial charge in [-0.25, -0.2) is 0 Å². The summed E-state index contributed by atoms with van der Waals surface area (Å²) in [6.07, 6.45) is 8.22. The van der Waals surface area contributed by atoms with Crippen molar-refractivity contribution in [1.29, 1.82) is 0 Å². The fourth-order valence-electron chi connectivity index (χ4n) is 2.62. The van der Waals surface area contributed by atoms with E-state index in [1.165, 1.54) is 32.1 Å². The molecule has 86 valence electrons. The Bertz CT molecular complexity index is 232. The molecule has 2 nitrogen and oxygen atoms in total. The van der Waals surface area contributed by atoms with Crippen LogP contribution in [-0.4, -0.2) is 29.2 Å². The minimum atomic E-state index is 0.389. The third-order valence-electron chi connectivity index (χ3n) is 3.90. The van der Waals surface area contributed by atoms with Gasteiger partial charge in [0.2, 0.25) is 5.91 Å². The molecule has 2 fully saturated rings. The van der Waals surface area contributed by atoms with E-state index in [0.717, 1.165) is 31.3 Å². The van der Waals surface area contributed by atoms with Gasteiger partial charge in [0.25, 0.3) is 0 Å². The van der Waals surface area contributed by atoms with E-state index in [0.29, 0.717) is 11.3 Å². The lowest BCUT2D eigenvalue weighted by atomic mass is 9.70. The zero-order valence-electron chi connectivity index (χ0n) is 9.30. The van der Waals surface area contributed by atoms with E-state index in [9.17, 15) is 4.79 Å². The van der Waals surface area contributed by atoms with Gasteiger partial charge in [0.15, 0.2) is 0 Å². The first-order valence-corrected chi connectivity index (χ1v) is 7.22. The highest BCUT2D eigenvalue weighted by molar-refractivity contribution is 9.09. The van der Waals surface area contributed by atoms with Crippen LogP contribution in [-0.2, 0) is 4.79 Å². The number of nitrogens with zero attached hydrogens (tertiary/aromatic N) is 1. The predicted molar refractivity (Wildman–Crippen MR) is 65.1 cm³/mol. The topological polar surface area (TPSA) is 20.3 Å². The molecule has 2 aliphatic rings. The van der Waals surface area contributed by atoms with E-state index in [1.54, 1.807) is 0 Å². The maximum atomic E-state index is 11.9. The number of carbonyl (C=O) groups is 1. The normalized spacial score (nSPS) is 25.9. The quantitative estimate of drug-likeness (QED) is 0.724. The van der Waals surface area contributed by atoms with Crippen molar-refractivity contribution in [1.82, 2.24) is 4.90 Å². The van der Waals surface area contributed by atoms with Crippen LogP contribution in [0.5, 0.6) is 0 Å². The fraction of sp³-hybridized carbons (Fsp3) is 0.917. The molecule has 0 radical (unpaired) electrons. The molecule has 1 saturated carbocycles. The lowest BCUT2D eigenvalue weighted by molar-refractivity contribution is -0.132. The summed E-state index contributed by atoms with van der Waals surface area (Å²) in [5.41, 5.74) is 0.417. The predicted octanol–water partition coefficient (Wildman–Crippen LogP) is 2.95. The number of alkyl halides is 1. The number of carbonyl (C=O) groups excluding carboxylic acids is 1. The molecule has 15 heavy (non-hydrogen) atoms. The van der Waals surface area contributed by atoms with Crippen LogP contribution in [0.1, 0.15) is 44.9 Å². The zero-order chi connectivity index (χ0) is 10.7. The lowest BCUT2D eigenvalue weighted by Gasteiger charge is -2.43. The van der Waals surface area contributed by atoms with Gasteiger partial charge in [-0.15, -0.1) is 0 Å². The Kier molecular flexibility index (Phi) is 3.70. The highest BCUT2D eigenvalue weighted by atomic mass is 79.9. The van der Waals surface area contributed by atoms with Crippen molar-refractivity contribution < 1.29 is 4.79 Å². The second-order valence-corrected chi connectivity index (χ2v) is 5.67. The molecule has 0 aromatic rings. The summed E-state index contributed by atoms with van der Waals surface area (Å²) in [7, 11) is 0. The Morgan fingerprint density at radius 1 is 1.20 bits per heavy atom. The maximum Gasteiger partial charge on any atom is 0.222 e. The first-order chi connectivity index (χ1) is 7.26. The number of hydrogen-bond donors (Lipinski definition) is 0. The van der Waals surface area contributed by atoms with Gasteiger partial charge in [0.05, 0.1) is 0 Å². The van der Waals surface area contributed by atoms with E-state index in [1.807, 2.05) is 0 Å². The molecule has 1 aliphatic heterocycles. The Morgan fingerprint density at radius 2 is 2.00 bits per heavy atom. The Labute approximate surface area is 101 Å². The molecule has 0 aromatic carbocycles. The minimum Gasteiger partial charge on any atom is -0.342 e. The van der Waals surface area contributed by atoms with E-state index in [-0.39, 0.29) is 0 Å². The first kappa shape index (κ1) is 11.4. The largest absolute Gasteiger partial charge is 0.342 e. The van der Waals surface area contributed by atoms with Gasteiger partial charge in [-0.2, -0.15) is 0 Å². The highest BCUT2D eigenvalue weighted by Crippen LogP contribution is 2.43. The summed E-state index contributed by atoms with van der Waals surface area (Å²) in [4.78, 5) is 14.0. The van der Waals surface area contributed by atoms with E-state index in [4.69, 9.17) is 0 Å². The second-order valence-electron chi connectivity index (χ2n) is 5.11. The maximum absolute atomic E-state index is 11.9. The monoisotopic (exact) mass is 273 g/mol. The smallest absolute Gasteiger partial charge is 0.222 e. The summed E-state index contributed by atoms with van der Waals surface area (Å²) in [6, 6.07) is 0. The van der Waals surface area contributed by atoms with E-state index >= 15 is 0 Å². The lowest BCUT2D eigenvalue weighted by Crippen LogP contribution is -2.45. The van der Waals surface area contributed by atoms with Crippen molar-refractivity contribution in [3.8, 4) is 0 Å². The van der Waals surface area contributed by atoms with Gasteiger partial charge in [0, 0.05) is 24.8 Å². The summed E-state index contributed by atoms with van der Waals surface area (Å²) >= 11 is 3.61. The molecule has 2 rings (SSSR count). The van der Waals surface area contributed by atoms with Crippen molar-refractivity contribution in [2.75, 3.05) is 18.4 Å². The van der Waals surface area contributed by atoms with Crippen LogP contribution in [0.3, 0.4) is 0 Å². The van der Waals surface area contributed by atoms with Crippen LogP contribution in [0.2, 0.25) is 0 Å². The molecule has 0 atom stereocenters. The van der Waals surface area contributed by atoms with Crippen molar-refractivity contribution in [3.63, 3.8) is 0 Å². The van der Waals surface area contributed by atoms with Crippen molar-refractivity contribution >= 4 is 21.8 Å². The van der Waals surface area contributed by atoms with Gasteiger partial charge in [-0.3, -0.25) is 4.79 Å². The fourth-order valence-corrected chi connectivity index (χ4v) is 3.36. The second kappa shape index (κ2) is 4.86. The molecular weight excluding hydrogens is 254 g/mol. The third-order valence-corrected chi connectivity index (χ3v) is 5.08. The summed E-state index contributed by atoms with van der Waals surface area (Å²) < 4.78 is 0. The summed E-state index contributed by atoms with van der Waals surface area (Å²) in [5, 5.41) is 1.06. The van der Waals surface area contributed by atoms with E-state index < -0.39 is 0 Å². The molecule has 0 aromatic heterocycles. The van der Waals surface area contributed by atoms with Crippen LogP contribution in [0.4, 0.5) is 0 Å². The molecule has 1 heterocycles. The van der Waals surface area contributed by atoms with Gasteiger partial charge in [-0.1, -0.05) is 28.8 Å². The SMILES string of the molecule is O=C1CCCCCN1CC1(CBr)CCC1. The Balaban J connectivity index is 1.93. The average Bonchev–Trinajstić information content (AvgIpc) is 2.37. The summed E-state index contributed by atoms with van der Waals surface area (Å²) in [5.74, 6) is 0.389. The number of amides is 1. The Hall–Kier alpha value is -0.0500. The molecule has 0 unspecified atom stereocenters. The van der Waals surface area contributed by atoms with Gasteiger partial charge < -0.3 is 4.90 Å². The molecule has 1 amide bonds. The minimum absolute atomic E-state index is 0.389. The zero-order valence-corrected chi connectivity index (χ0v) is 10.9. The molecule has 0 spiro atoms. The number of likely N-dealkylation sites (tertiary alicyclic amines) is 1. The van der Waals surface area contributed by atoms with Gasteiger partial charge >= 0.3 is 0 Å². The third kappa shape index (κ3) is 2.55. The molecule has 0 N–H and O–H groups in total. The van der Waals surface area contributed by atoms with Crippen molar-refractivity contribution in [2.24, 2.45) is 5.41 Å². The van der Waals surface area contributed by atoms with Crippen molar-refractivity contribution in [2.45, 2.75) is 44.9 Å². The molecule has 0 bridgehead atoms. The van der Waals surface area contributed by atoms with Gasteiger partial charge in [-0.05, 0) is 31.1 Å². The first-order valence-electron chi connectivity index (χ1n) is 6.10. The molecular formula is C12H20BrNO.